The summed E-state index contributed by atoms with van der Waals surface area (Å²) in [4.78, 5) is 23.5. The number of nitrogens with one attached hydrogen (secondary N) is 1. The number of nitrogens with zero attached hydrogens (tertiary/aromatic N) is 4. The summed E-state index contributed by atoms with van der Waals surface area (Å²) in [5.74, 6) is -0.205. The van der Waals surface area contributed by atoms with Crippen LogP contribution in [0.15, 0.2) is 36.7 Å². The maximum atomic E-state index is 14.2. The van der Waals surface area contributed by atoms with Crippen LogP contribution in [0.1, 0.15) is 29.5 Å². The number of pyridine rings is 2. The minimum atomic E-state index is -0.366. The Labute approximate surface area is 174 Å². The summed E-state index contributed by atoms with van der Waals surface area (Å²) in [6.07, 6.45) is 4.78. The molecular formula is C23H22FN5O. The van der Waals surface area contributed by atoms with E-state index in [1.807, 2.05) is 17.9 Å². The average molecular weight is 403 g/mol. The normalized spacial score (nSPS) is 16.3. The van der Waals surface area contributed by atoms with Crippen molar-refractivity contribution in [2.75, 3.05) is 23.3 Å². The molecule has 0 spiro atoms. The minimum absolute atomic E-state index is 0.102. The number of hydrogen-bond acceptors (Lipinski definition) is 5. The summed E-state index contributed by atoms with van der Waals surface area (Å²) < 4.78 is 14.2. The molecule has 1 unspecified atom stereocenters. The Morgan fingerprint density at radius 1 is 1.27 bits per heavy atom. The van der Waals surface area contributed by atoms with Gasteiger partial charge in [0.25, 0.3) is 0 Å². The maximum Gasteiger partial charge on any atom is 0.230 e. The second-order valence-corrected chi connectivity index (χ2v) is 7.75. The van der Waals surface area contributed by atoms with Gasteiger partial charge in [-0.1, -0.05) is 6.07 Å². The predicted molar refractivity (Wildman–Crippen MR) is 114 cm³/mol. The second-order valence-electron chi connectivity index (χ2n) is 7.75. The second kappa shape index (κ2) is 8.07. The van der Waals surface area contributed by atoms with E-state index in [-0.39, 0.29) is 17.6 Å². The molecule has 1 saturated heterocycles. The van der Waals surface area contributed by atoms with Crippen molar-refractivity contribution in [3.05, 3.63) is 59.2 Å². The molecule has 2 aromatic heterocycles. The van der Waals surface area contributed by atoms with Crippen molar-refractivity contribution < 1.29 is 9.18 Å². The number of halogens is 1. The molecule has 1 amide bonds. The predicted octanol–water partition coefficient (Wildman–Crippen LogP) is 4.11. The highest BCUT2D eigenvalue weighted by molar-refractivity contribution is 5.97. The highest BCUT2D eigenvalue weighted by Crippen LogP contribution is 2.34. The Morgan fingerprint density at radius 3 is 2.83 bits per heavy atom. The Bertz CT molecular complexity index is 1150. The number of nitriles is 1. The number of amides is 1. The van der Waals surface area contributed by atoms with Crippen molar-refractivity contribution in [2.45, 2.75) is 26.7 Å². The van der Waals surface area contributed by atoms with E-state index >= 15 is 0 Å². The van der Waals surface area contributed by atoms with Gasteiger partial charge in [0, 0.05) is 30.9 Å². The lowest BCUT2D eigenvalue weighted by Crippen LogP contribution is -2.41. The number of carbonyl (C=O) groups is 1. The molecule has 152 valence electrons. The first-order chi connectivity index (χ1) is 14.5. The molecule has 0 aliphatic carbocycles. The van der Waals surface area contributed by atoms with Gasteiger partial charge in [0.2, 0.25) is 5.91 Å². The van der Waals surface area contributed by atoms with Gasteiger partial charge in [-0.25, -0.2) is 9.37 Å². The standard InChI is InChI=1S/C23H22FN5O/c1-14-5-6-20(26-11-14)28-23(30)16-4-3-7-29(13-16)22-17(10-25)12-27-21-15(2)8-18(24)9-19(21)22/h5-6,8-9,11-12,16H,3-4,7,13H2,1-2H3,(H,26,28,30). The highest BCUT2D eigenvalue weighted by Gasteiger charge is 2.29. The van der Waals surface area contributed by atoms with Crippen LogP contribution in [-0.2, 0) is 4.79 Å². The number of hydrogen-bond donors (Lipinski definition) is 1. The molecule has 7 heteroatoms. The summed E-state index contributed by atoms with van der Waals surface area (Å²) in [6.45, 7) is 4.88. The van der Waals surface area contributed by atoms with Gasteiger partial charge in [0.1, 0.15) is 17.7 Å². The number of piperidine rings is 1. The zero-order valence-corrected chi connectivity index (χ0v) is 16.9. The van der Waals surface area contributed by atoms with E-state index in [4.69, 9.17) is 0 Å². The van der Waals surface area contributed by atoms with E-state index in [0.29, 0.717) is 46.6 Å². The van der Waals surface area contributed by atoms with Crippen molar-refractivity contribution in [3.63, 3.8) is 0 Å². The quantitative estimate of drug-likeness (QED) is 0.712. The topological polar surface area (TPSA) is 81.9 Å². The van der Waals surface area contributed by atoms with E-state index in [0.717, 1.165) is 18.4 Å². The van der Waals surface area contributed by atoms with Crippen LogP contribution in [-0.4, -0.2) is 29.0 Å². The third-order valence-corrected chi connectivity index (χ3v) is 5.49. The molecule has 0 bridgehead atoms. The average Bonchev–Trinajstić information content (AvgIpc) is 2.74. The lowest BCUT2D eigenvalue weighted by Gasteiger charge is -2.34. The van der Waals surface area contributed by atoms with E-state index < -0.39 is 0 Å². The molecule has 1 atom stereocenters. The fourth-order valence-corrected chi connectivity index (χ4v) is 4.01. The van der Waals surface area contributed by atoms with Crippen LogP contribution in [0.2, 0.25) is 0 Å². The Balaban J connectivity index is 1.64. The highest BCUT2D eigenvalue weighted by atomic mass is 19.1. The zero-order chi connectivity index (χ0) is 21.3. The van der Waals surface area contributed by atoms with Crippen LogP contribution in [0.25, 0.3) is 10.9 Å². The summed E-state index contributed by atoms with van der Waals surface area (Å²) in [6, 6.07) is 8.71. The van der Waals surface area contributed by atoms with Gasteiger partial charge in [0.15, 0.2) is 0 Å². The summed E-state index contributed by atoms with van der Waals surface area (Å²) >= 11 is 0. The summed E-state index contributed by atoms with van der Waals surface area (Å²) in [5, 5.41) is 13.1. The summed E-state index contributed by atoms with van der Waals surface area (Å²) in [7, 11) is 0. The van der Waals surface area contributed by atoms with Crippen LogP contribution in [0.5, 0.6) is 0 Å². The van der Waals surface area contributed by atoms with Gasteiger partial charge in [-0.2, -0.15) is 5.26 Å². The van der Waals surface area contributed by atoms with E-state index in [1.54, 1.807) is 19.2 Å². The minimum Gasteiger partial charge on any atom is -0.369 e. The third kappa shape index (κ3) is 3.81. The van der Waals surface area contributed by atoms with Gasteiger partial charge in [-0.05, 0) is 56.0 Å². The van der Waals surface area contributed by atoms with E-state index in [1.165, 1.54) is 18.3 Å². The fourth-order valence-electron chi connectivity index (χ4n) is 4.01. The largest absolute Gasteiger partial charge is 0.369 e. The molecule has 30 heavy (non-hydrogen) atoms. The van der Waals surface area contributed by atoms with Crippen LogP contribution in [0.3, 0.4) is 0 Å². The number of aromatic nitrogens is 2. The molecule has 1 N–H and O–H groups in total. The molecule has 1 aromatic carbocycles. The lowest BCUT2D eigenvalue weighted by atomic mass is 9.95. The molecule has 3 aromatic rings. The molecule has 6 nitrogen and oxygen atoms in total. The van der Waals surface area contributed by atoms with Crippen molar-refractivity contribution in [2.24, 2.45) is 5.92 Å². The zero-order valence-electron chi connectivity index (χ0n) is 16.9. The molecule has 1 fully saturated rings. The smallest absolute Gasteiger partial charge is 0.230 e. The van der Waals surface area contributed by atoms with Crippen LogP contribution < -0.4 is 10.2 Å². The van der Waals surface area contributed by atoms with Gasteiger partial charge in [0.05, 0.1) is 22.7 Å². The first-order valence-corrected chi connectivity index (χ1v) is 9.93. The monoisotopic (exact) mass is 403 g/mol. The number of carbonyl (C=O) groups excluding carboxylic acids is 1. The van der Waals surface area contributed by atoms with Crippen molar-refractivity contribution in [1.82, 2.24) is 9.97 Å². The van der Waals surface area contributed by atoms with Crippen LogP contribution in [0.4, 0.5) is 15.9 Å². The fraction of sp³-hybridized carbons (Fsp3) is 0.304. The molecule has 4 rings (SSSR count). The van der Waals surface area contributed by atoms with E-state index in [2.05, 4.69) is 21.4 Å². The van der Waals surface area contributed by atoms with Gasteiger partial charge in [-0.15, -0.1) is 0 Å². The Kier molecular flexibility index (Phi) is 5.32. The number of aryl methyl sites for hydroxylation is 2. The summed E-state index contributed by atoms with van der Waals surface area (Å²) in [5.41, 5.74) is 3.44. The SMILES string of the molecule is Cc1ccc(NC(=O)C2CCCN(c3c(C#N)cnc4c(C)cc(F)cc34)C2)nc1. The van der Waals surface area contributed by atoms with Gasteiger partial charge >= 0.3 is 0 Å². The van der Waals surface area contributed by atoms with Crippen LogP contribution in [0, 0.1) is 36.9 Å². The molecule has 0 radical (unpaired) electrons. The molecule has 1 aliphatic rings. The van der Waals surface area contributed by atoms with Crippen molar-refractivity contribution in [3.8, 4) is 6.07 Å². The molecule has 3 heterocycles. The first-order valence-electron chi connectivity index (χ1n) is 9.93. The Hall–Kier alpha value is -3.53. The van der Waals surface area contributed by atoms with E-state index in [9.17, 15) is 14.4 Å². The lowest BCUT2D eigenvalue weighted by molar-refractivity contribution is -0.120. The van der Waals surface area contributed by atoms with Crippen molar-refractivity contribution >= 4 is 28.3 Å². The number of rotatable bonds is 3. The van der Waals surface area contributed by atoms with Gasteiger partial charge < -0.3 is 10.2 Å². The third-order valence-electron chi connectivity index (χ3n) is 5.49. The molecule has 1 aliphatic heterocycles. The maximum absolute atomic E-state index is 14.2. The number of benzene rings is 1. The van der Waals surface area contributed by atoms with Crippen LogP contribution >= 0.6 is 0 Å². The molecular weight excluding hydrogens is 381 g/mol. The van der Waals surface area contributed by atoms with Gasteiger partial charge in [-0.3, -0.25) is 9.78 Å². The number of anilines is 2. The first kappa shape index (κ1) is 19.8. The Morgan fingerprint density at radius 2 is 2.10 bits per heavy atom. The number of fused-ring (bicyclic) bond motifs is 1. The van der Waals surface area contributed by atoms with Crippen molar-refractivity contribution in [1.29, 1.82) is 5.26 Å². The molecule has 0 saturated carbocycles.